The molecular weight excluding hydrogens is 839 g/mol. The van der Waals surface area contributed by atoms with Crippen molar-refractivity contribution in [1.82, 2.24) is 19.8 Å². The summed E-state index contributed by atoms with van der Waals surface area (Å²) in [5.74, 6) is 0.158. The molecule has 5 atom stereocenters. The summed E-state index contributed by atoms with van der Waals surface area (Å²) >= 11 is 1.95. The number of nitriles is 1. The van der Waals surface area contributed by atoms with Gasteiger partial charge in [0.05, 0.1) is 45.3 Å². The van der Waals surface area contributed by atoms with E-state index in [1.807, 2.05) is 17.4 Å². The topological polar surface area (TPSA) is 70.8 Å². The van der Waals surface area contributed by atoms with E-state index in [-0.39, 0.29) is 30.1 Å². The first kappa shape index (κ1) is 39.5. The predicted molar refractivity (Wildman–Crippen MR) is 278 cm³/mol. The smallest absolute Gasteiger partial charge is 0.135 e. The summed E-state index contributed by atoms with van der Waals surface area (Å²) in [7, 11) is 0. The van der Waals surface area contributed by atoms with Crippen LogP contribution in [0.25, 0.3) is 77.4 Å². The molecule has 0 radical (unpaired) electrons. The fraction of sp³-hybridized carbons (Fsp3) is 0.250. The molecule has 8 aromatic rings. The van der Waals surface area contributed by atoms with Crippen LogP contribution in [0.2, 0.25) is 0 Å². The Morgan fingerprint density at radius 3 is 2.43 bits per heavy atom. The van der Waals surface area contributed by atoms with Crippen molar-refractivity contribution in [1.29, 1.82) is 5.26 Å². The Morgan fingerprint density at radius 1 is 0.701 bits per heavy atom. The van der Waals surface area contributed by atoms with Gasteiger partial charge in [-0.15, -0.1) is 11.3 Å². The van der Waals surface area contributed by atoms with Gasteiger partial charge in [0.15, 0.2) is 0 Å². The van der Waals surface area contributed by atoms with E-state index >= 15 is 0 Å². The number of nitrogens with one attached hydrogen (secondary N) is 2. The second-order valence-corrected chi connectivity index (χ2v) is 20.5. The number of hydrogen-bond donors (Lipinski definition) is 2. The Labute approximate surface area is 394 Å². The van der Waals surface area contributed by atoms with Crippen molar-refractivity contribution in [2.75, 3.05) is 0 Å². The lowest BCUT2D eigenvalue weighted by Crippen LogP contribution is -2.52. The molecule has 4 aromatic heterocycles. The van der Waals surface area contributed by atoms with Crippen LogP contribution >= 0.6 is 11.3 Å². The molecule has 0 fully saturated rings. The highest BCUT2D eigenvalue weighted by Crippen LogP contribution is 2.48. The zero-order valence-electron chi connectivity index (χ0n) is 37.5. The molecule has 0 amide bonds. The zero-order chi connectivity index (χ0) is 44.2. The van der Waals surface area contributed by atoms with E-state index in [9.17, 15) is 5.26 Å². The van der Waals surface area contributed by atoms with Crippen LogP contribution in [0.4, 0.5) is 0 Å². The number of fused-ring (bicyclic) bond motifs is 13. The number of aromatic nitrogens is 2. The Balaban J connectivity index is 0.992. The molecule has 6 nitrogen and oxygen atoms in total. The Hall–Kier alpha value is -6.69. The zero-order valence-corrected chi connectivity index (χ0v) is 38.3. The molecule has 0 saturated carbocycles. The molecule has 7 heteroatoms. The van der Waals surface area contributed by atoms with Gasteiger partial charge in [-0.05, 0) is 128 Å². The number of hydrogen-bond acceptors (Lipinski definition) is 5. The van der Waals surface area contributed by atoms with Gasteiger partial charge in [0.2, 0.25) is 0 Å². The van der Waals surface area contributed by atoms with Crippen molar-refractivity contribution in [3.63, 3.8) is 0 Å². The van der Waals surface area contributed by atoms with Gasteiger partial charge >= 0.3 is 0 Å². The molecule has 328 valence electrons. The van der Waals surface area contributed by atoms with Gasteiger partial charge in [-0.25, -0.2) is 0 Å². The second-order valence-electron chi connectivity index (χ2n) is 19.5. The first-order valence-corrected chi connectivity index (χ1v) is 25.4. The molecule has 0 spiro atoms. The number of benzene rings is 4. The molecule has 5 unspecified atom stereocenters. The molecule has 6 aliphatic rings. The number of para-hydroxylation sites is 2. The Bertz CT molecular complexity index is 3660. The van der Waals surface area contributed by atoms with Crippen LogP contribution in [0.3, 0.4) is 0 Å². The van der Waals surface area contributed by atoms with Crippen molar-refractivity contribution in [2.45, 2.75) is 82.5 Å². The van der Waals surface area contributed by atoms with E-state index in [0.29, 0.717) is 6.42 Å². The number of thiophene rings is 1. The Kier molecular flexibility index (Phi) is 9.25. The van der Waals surface area contributed by atoms with Crippen molar-refractivity contribution in [2.24, 2.45) is 11.8 Å². The highest BCUT2D eigenvalue weighted by Gasteiger charge is 2.38. The van der Waals surface area contributed by atoms with Crippen molar-refractivity contribution < 1.29 is 4.42 Å². The first-order valence-electron chi connectivity index (χ1n) is 24.5. The maximum absolute atomic E-state index is 11.5. The molecule has 4 aromatic carbocycles. The van der Waals surface area contributed by atoms with Gasteiger partial charge < -0.3 is 13.6 Å². The lowest BCUT2D eigenvalue weighted by atomic mass is 9.83. The quantitative estimate of drug-likeness (QED) is 0.169. The summed E-state index contributed by atoms with van der Waals surface area (Å²) < 4.78 is 13.0. The number of aryl methyl sites for hydroxylation is 1. The average molecular weight is 890 g/mol. The van der Waals surface area contributed by atoms with E-state index in [4.69, 9.17) is 4.42 Å². The molecule has 14 rings (SSSR count). The minimum absolute atomic E-state index is 0.0518. The molecule has 5 aliphatic carbocycles. The monoisotopic (exact) mass is 889 g/mol. The molecule has 0 bridgehead atoms. The molecule has 2 N–H and O–H groups in total. The second kappa shape index (κ2) is 15.7. The molecule has 1 aliphatic heterocycles. The van der Waals surface area contributed by atoms with Gasteiger partial charge in [-0.3, -0.25) is 10.6 Å². The van der Waals surface area contributed by atoms with Crippen molar-refractivity contribution in [3.8, 4) is 6.07 Å². The number of rotatable bonds is 5. The lowest BCUT2D eigenvalue weighted by molar-refractivity contribution is 0.297. The highest BCUT2D eigenvalue weighted by atomic mass is 32.1. The molecular formula is C60H51N5OS. The first-order chi connectivity index (χ1) is 33.2. The maximum atomic E-state index is 11.5. The van der Waals surface area contributed by atoms with Gasteiger partial charge in [0.1, 0.15) is 11.2 Å². The fourth-order valence-electron chi connectivity index (χ4n) is 12.7. The highest BCUT2D eigenvalue weighted by molar-refractivity contribution is 7.21. The SMILES string of the molecule is N#CC1=C(n2c3c(c4c2CCCC4)CCC=C3)C=C(n2c3ccccc3c3ccc4c5c(sc4c32)C=CCC5)C(C2C=CC(c3ccc4c(c3)oc3ccccc34)NC(C3C=CC=CC3)N2)C1. The van der Waals surface area contributed by atoms with Crippen LogP contribution in [-0.2, 0) is 25.7 Å². The van der Waals surface area contributed by atoms with Crippen molar-refractivity contribution in [3.05, 3.63) is 178 Å². The summed E-state index contributed by atoms with van der Waals surface area (Å²) in [5.41, 5.74) is 15.8. The predicted octanol–water partition coefficient (Wildman–Crippen LogP) is 14.1. The largest absolute Gasteiger partial charge is 0.456 e. The third-order valence-corrected chi connectivity index (χ3v) is 17.0. The minimum atomic E-state index is -0.102. The Morgan fingerprint density at radius 2 is 1.52 bits per heavy atom. The normalized spacial score (nSPS) is 23.6. The van der Waals surface area contributed by atoms with Gasteiger partial charge in [0, 0.05) is 61.4 Å². The van der Waals surface area contributed by atoms with Crippen LogP contribution < -0.4 is 10.6 Å². The number of nitrogens with zero attached hydrogens (tertiary/aromatic N) is 3. The summed E-state index contributed by atoms with van der Waals surface area (Å²) in [6.45, 7) is 0. The van der Waals surface area contributed by atoms with Crippen LogP contribution in [0, 0.1) is 23.2 Å². The lowest BCUT2D eigenvalue weighted by Gasteiger charge is -2.37. The van der Waals surface area contributed by atoms with E-state index in [1.165, 1.54) is 88.9 Å². The molecule has 0 saturated heterocycles. The number of allylic oxidation sites excluding steroid dienone is 8. The fourth-order valence-corrected chi connectivity index (χ4v) is 14.0. The third-order valence-electron chi connectivity index (χ3n) is 15.8. The minimum Gasteiger partial charge on any atom is -0.456 e. The summed E-state index contributed by atoms with van der Waals surface area (Å²) in [6.07, 6.45) is 36.0. The summed E-state index contributed by atoms with van der Waals surface area (Å²) in [4.78, 5) is 1.38. The summed E-state index contributed by atoms with van der Waals surface area (Å²) in [5, 5.41) is 26.0. The van der Waals surface area contributed by atoms with Crippen LogP contribution in [-0.4, -0.2) is 21.3 Å². The van der Waals surface area contributed by atoms with Gasteiger partial charge in [-0.2, -0.15) is 5.26 Å². The standard InChI is InChI=1S/C60H51N5OS/c61-35-38-32-47(49-31-30-48(62-60(63-49)36-14-2-1-3-15-36)37-26-27-43-42-19-7-12-24-55(42)66-56(43)33-37)54(34-53(38)64-50-21-9-4-16-39(50)40-17-5-10-22-51(40)64)65-52-23-11-6-18-41(52)45-28-29-46-44-20-8-13-25-57(44)67-59(46)58(45)65/h1-3,6-7,9,11-14,18-19,21,23-31,33-34,36,47-49,60,62-63H,4-5,8,10,15-17,20,22,32H2. The van der Waals surface area contributed by atoms with Crippen LogP contribution in [0.1, 0.15) is 83.1 Å². The maximum Gasteiger partial charge on any atom is 0.135 e. The van der Waals surface area contributed by atoms with E-state index in [2.05, 4.69) is 165 Å². The van der Waals surface area contributed by atoms with Crippen LogP contribution in [0.5, 0.6) is 0 Å². The van der Waals surface area contributed by atoms with E-state index < -0.39 is 0 Å². The van der Waals surface area contributed by atoms with Crippen molar-refractivity contribution >= 4 is 88.7 Å². The number of furan rings is 1. The molecule has 5 heterocycles. The van der Waals surface area contributed by atoms with E-state index in [1.54, 1.807) is 0 Å². The van der Waals surface area contributed by atoms with Crippen LogP contribution in [0.15, 0.2) is 144 Å². The van der Waals surface area contributed by atoms with Gasteiger partial charge in [0.25, 0.3) is 0 Å². The van der Waals surface area contributed by atoms with E-state index in [0.717, 1.165) is 78.2 Å². The average Bonchev–Trinajstić information content (AvgIpc) is 4.10. The molecule has 67 heavy (non-hydrogen) atoms. The summed E-state index contributed by atoms with van der Waals surface area (Å²) in [6, 6.07) is 31.5. The van der Waals surface area contributed by atoms with Gasteiger partial charge in [-0.1, -0.05) is 109 Å². The third kappa shape index (κ3) is 6.20.